The lowest BCUT2D eigenvalue weighted by Gasteiger charge is -2.24. The van der Waals surface area contributed by atoms with E-state index in [1.165, 1.54) is 19.3 Å². The van der Waals surface area contributed by atoms with Crippen LogP contribution < -0.4 is 10.1 Å². The fraction of sp³-hybridized carbons (Fsp3) is 0.615. The topological polar surface area (TPSA) is 34.2 Å². The first kappa shape index (κ1) is 12.7. The molecule has 0 aliphatic heterocycles. The molecular weight excluding hydrogens is 236 g/mol. The molecule has 1 aliphatic rings. The van der Waals surface area contributed by atoms with Gasteiger partial charge in [0, 0.05) is 12.7 Å². The zero-order chi connectivity index (χ0) is 12.1. The molecule has 4 heteroatoms. The van der Waals surface area contributed by atoms with Crippen molar-refractivity contribution in [3.8, 4) is 5.88 Å². The molecule has 0 amide bonds. The molecule has 1 heterocycles. The van der Waals surface area contributed by atoms with Gasteiger partial charge in [-0.2, -0.15) is 0 Å². The van der Waals surface area contributed by atoms with E-state index in [0.717, 1.165) is 31.1 Å². The Hall–Kier alpha value is -0.800. The maximum Gasteiger partial charge on any atom is 0.232 e. The summed E-state index contributed by atoms with van der Waals surface area (Å²) in [6.45, 7) is 1.50. The molecule has 1 fully saturated rings. The van der Waals surface area contributed by atoms with E-state index < -0.39 is 0 Å². The summed E-state index contributed by atoms with van der Waals surface area (Å²) >= 11 is 6.11. The van der Waals surface area contributed by atoms with E-state index >= 15 is 0 Å². The van der Waals surface area contributed by atoms with Gasteiger partial charge in [-0.15, -0.1) is 0 Å². The van der Waals surface area contributed by atoms with Gasteiger partial charge in [0.1, 0.15) is 5.02 Å². The lowest BCUT2D eigenvalue weighted by molar-refractivity contribution is 0.217. The first-order valence-corrected chi connectivity index (χ1v) is 6.59. The zero-order valence-electron chi connectivity index (χ0n) is 10.2. The van der Waals surface area contributed by atoms with Gasteiger partial charge in [-0.05, 0) is 31.0 Å². The summed E-state index contributed by atoms with van der Waals surface area (Å²) < 4.78 is 5.61. The Labute approximate surface area is 108 Å². The van der Waals surface area contributed by atoms with E-state index in [1.807, 2.05) is 13.1 Å². The van der Waals surface area contributed by atoms with Crippen molar-refractivity contribution in [2.45, 2.75) is 32.2 Å². The van der Waals surface area contributed by atoms with Crippen LogP contribution in [0.5, 0.6) is 5.88 Å². The Morgan fingerprint density at radius 2 is 2.35 bits per heavy atom. The second-order valence-corrected chi connectivity index (χ2v) is 5.00. The van der Waals surface area contributed by atoms with Crippen molar-refractivity contribution in [1.29, 1.82) is 0 Å². The summed E-state index contributed by atoms with van der Waals surface area (Å²) in [5.41, 5.74) is 1.07. The summed E-state index contributed by atoms with van der Waals surface area (Å²) in [4.78, 5) is 4.24. The smallest absolute Gasteiger partial charge is 0.232 e. The Bertz CT molecular complexity index is 366. The molecule has 0 aromatic carbocycles. The average molecular weight is 255 g/mol. The fourth-order valence-electron chi connectivity index (χ4n) is 1.98. The Kier molecular flexibility index (Phi) is 4.63. The number of ether oxygens (including phenoxy) is 1. The van der Waals surface area contributed by atoms with Crippen LogP contribution in [0, 0.1) is 5.92 Å². The van der Waals surface area contributed by atoms with Crippen molar-refractivity contribution in [3.63, 3.8) is 0 Å². The van der Waals surface area contributed by atoms with Crippen LogP contribution in [0.4, 0.5) is 0 Å². The SMILES string of the molecule is CNCc1cnc(OCCC2CCC2)c(Cl)c1. The fourth-order valence-corrected chi connectivity index (χ4v) is 2.22. The number of halogens is 1. The van der Waals surface area contributed by atoms with E-state index in [9.17, 15) is 0 Å². The summed E-state index contributed by atoms with van der Waals surface area (Å²) in [6.07, 6.45) is 7.01. The highest BCUT2D eigenvalue weighted by molar-refractivity contribution is 6.31. The van der Waals surface area contributed by atoms with Gasteiger partial charge in [-0.25, -0.2) is 4.98 Å². The second kappa shape index (κ2) is 6.22. The van der Waals surface area contributed by atoms with E-state index in [4.69, 9.17) is 16.3 Å². The van der Waals surface area contributed by atoms with E-state index in [1.54, 1.807) is 6.20 Å². The van der Waals surface area contributed by atoms with Crippen LogP contribution in [0.3, 0.4) is 0 Å². The van der Waals surface area contributed by atoms with Crippen molar-refractivity contribution < 1.29 is 4.74 Å². The number of hydrogen-bond donors (Lipinski definition) is 1. The molecular formula is C13H19ClN2O. The number of aromatic nitrogens is 1. The number of nitrogens with one attached hydrogen (secondary N) is 1. The Morgan fingerprint density at radius 3 is 2.94 bits per heavy atom. The van der Waals surface area contributed by atoms with Gasteiger partial charge < -0.3 is 10.1 Å². The average Bonchev–Trinajstić information content (AvgIpc) is 2.25. The highest BCUT2D eigenvalue weighted by atomic mass is 35.5. The number of rotatable bonds is 6. The molecule has 2 rings (SSSR count). The maximum atomic E-state index is 6.11. The number of nitrogens with zero attached hydrogens (tertiary/aromatic N) is 1. The predicted molar refractivity (Wildman–Crippen MR) is 69.5 cm³/mol. The van der Waals surface area contributed by atoms with Gasteiger partial charge in [0.25, 0.3) is 0 Å². The maximum absolute atomic E-state index is 6.11. The van der Waals surface area contributed by atoms with Crippen molar-refractivity contribution in [1.82, 2.24) is 10.3 Å². The van der Waals surface area contributed by atoms with Crippen molar-refractivity contribution in [2.75, 3.05) is 13.7 Å². The normalized spacial score (nSPS) is 15.6. The molecule has 0 atom stereocenters. The van der Waals surface area contributed by atoms with Crippen LogP contribution >= 0.6 is 11.6 Å². The lowest BCUT2D eigenvalue weighted by Crippen LogP contribution is -2.15. The molecule has 1 aromatic rings. The molecule has 94 valence electrons. The second-order valence-electron chi connectivity index (χ2n) is 4.59. The third kappa shape index (κ3) is 3.58. The molecule has 1 aliphatic carbocycles. The van der Waals surface area contributed by atoms with E-state index in [0.29, 0.717) is 10.9 Å². The van der Waals surface area contributed by atoms with E-state index in [-0.39, 0.29) is 0 Å². The summed E-state index contributed by atoms with van der Waals surface area (Å²) in [6, 6.07) is 1.91. The lowest BCUT2D eigenvalue weighted by atomic mass is 9.83. The number of hydrogen-bond acceptors (Lipinski definition) is 3. The van der Waals surface area contributed by atoms with Crippen LogP contribution in [0.2, 0.25) is 5.02 Å². The molecule has 1 N–H and O–H groups in total. The molecule has 0 spiro atoms. The monoisotopic (exact) mass is 254 g/mol. The summed E-state index contributed by atoms with van der Waals surface area (Å²) in [7, 11) is 1.90. The molecule has 0 bridgehead atoms. The van der Waals surface area contributed by atoms with Crippen LogP contribution in [-0.4, -0.2) is 18.6 Å². The molecule has 0 radical (unpaired) electrons. The molecule has 0 saturated heterocycles. The van der Waals surface area contributed by atoms with E-state index in [2.05, 4.69) is 10.3 Å². The van der Waals surface area contributed by atoms with Crippen LogP contribution in [0.15, 0.2) is 12.3 Å². The third-order valence-corrected chi connectivity index (χ3v) is 3.51. The predicted octanol–water partition coefficient (Wildman–Crippen LogP) is 3.02. The molecule has 1 saturated carbocycles. The minimum atomic E-state index is 0.561. The standard InChI is InChI=1S/C13H19ClN2O/c1-15-8-11-7-12(14)13(16-9-11)17-6-5-10-3-2-4-10/h7,9-10,15H,2-6,8H2,1H3. The van der Waals surface area contributed by atoms with Crippen molar-refractivity contribution in [2.24, 2.45) is 5.92 Å². The molecule has 17 heavy (non-hydrogen) atoms. The molecule has 1 aromatic heterocycles. The molecule has 3 nitrogen and oxygen atoms in total. The Balaban J connectivity index is 1.82. The quantitative estimate of drug-likeness (QED) is 0.847. The highest BCUT2D eigenvalue weighted by Crippen LogP contribution is 2.30. The zero-order valence-corrected chi connectivity index (χ0v) is 11.0. The van der Waals surface area contributed by atoms with Crippen molar-refractivity contribution >= 4 is 11.6 Å². The van der Waals surface area contributed by atoms with Crippen LogP contribution in [-0.2, 0) is 6.54 Å². The largest absolute Gasteiger partial charge is 0.477 e. The summed E-state index contributed by atoms with van der Waals surface area (Å²) in [5.74, 6) is 1.42. The van der Waals surface area contributed by atoms with Crippen molar-refractivity contribution in [3.05, 3.63) is 22.8 Å². The van der Waals surface area contributed by atoms with Gasteiger partial charge in [0.2, 0.25) is 5.88 Å². The van der Waals surface area contributed by atoms with Gasteiger partial charge in [-0.3, -0.25) is 0 Å². The van der Waals surface area contributed by atoms with Gasteiger partial charge in [-0.1, -0.05) is 30.9 Å². The number of pyridine rings is 1. The van der Waals surface area contributed by atoms with Gasteiger partial charge in [0.15, 0.2) is 0 Å². The van der Waals surface area contributed by atoms with Crippen LogP contribution in [0.25, 0.3) is 0 Å². The molecule has 0 unspecified atom stereocenters. The minimum absolute atomic E-state index is 0.561. The van der Waals surface area contributed by atoms with Gasteiger partial charge in [0.05, 0.1) is 6.61 Å². The van der Waals surface area contributed by atoms with Gasteiger partial charge >= 0.3 is 0 Å². The highest BCUT2D eigenvalue weighted by Gasteiger charge is 2.17. The first-order chi connectivity index (χ1) is 8.29. The first-order valence-electron chi connectivity index (χ1n) is 6.21. The summed E-state index contributed by atoms with van der Waals surface area (Å²) in [5, 5.41) is 3.67. The minimum Gasteiger partial charge on any atom is -0.477 e. The third-order valence-electron chi connectivity index (χ3n) is 3.23. The Morgan fingerprint density at radius 1 is 1.53 bits per heavy atom. The van der Waals surface area contributed by atoms with Crippen LogP contribution in [0.1, 0.15) is 31.2 Å².